The Hall–Kier alpha value is -1.18. The van der Waals surface area contributed by atoms with E-state index in [0.717, 1.165) is 0 Å². The summed E-state index contributed by atoms with van der Waals surface area (Å²) in [7, 11) is 0. The van der Waals surface area contributed by atoms with E-state index in [2.05, 4.69) is 27.0 Å². The maximum absolute atomic E-state index is 9.53. The molecule has 0 bridgehead atoms. The van der Waals surface area contributed by atoms with Crippen LogP contribution in [0, 0.1) is 12.3 Å². The Kier molecular flexibility index (Phi) is 5.17. The van der Waals surface area contributed by atoms with Gasteiger partial charge in [-0.15, -0.1) is 12.3 Å². The molecule has 5 heteroatoms. The van der Waals surface area contributed by atoms with E-state index in [9.17, 15) is 5.11 Å². The van der Waals surface area contributed by atoms with Crippen LogP contribution in [-0.2, 0) is 4.84 Å². The molecule has 0 fully saturated rings. The number of oxime groups is 1. The van der Waals surface area contributed by atoms with E-state index in [1.54, 1.807) is 6.07 Å². The zero-order valence-corrected chi connectivity index (χ0v) is 10.6. The molecule has 0 heterocycles. The van der Waals surface area contributed by atoms with Gasteiger partial charge in [-0.25, -0.2) is 0 Å². The summed E-state index contributed by atoms with van der Waals surface area (Å²) in [6.07, 6.45) is 6.93. The Morgan fingerprint density at radius 1 is 1.62 bits per heavy atom. The molecular weight excluding hydrogens is 293 g/mol. The number of nitrogens with zero attached hydrogens (tertiary/aromatic N) is 1. The average molecular weight is 303 g/mol. The number of hydrogen-bond acceptors (Lipinski definition) is 3. The van der Waals surface area contributed by atoms with Crippen molar-refractivity contribution in [2.75, 3.05) is 6.61 Å². The van der Waals surface area contributed by atoms with Crippen LogP contribution in [0.4, 0.5) is 0 Å². The Balaban J connectivity index is 2.67. The van der Waals surface area contributed by atoms with Gasteiger partial charge < -0.3 is 9.94 Å². The van der Waals surface area contributed by atoms with Crippen molar-refractivity contribution < 1.29 is 9.94 Å². The standard InChI is InChI=1S/C11H9BrClNO2/c1-2-3-4-16-14-7-8-5-9(12)10(13)6-11(8)15/h1,5-7,15H,3-4H2/b14-7+. The van der Waals surface area contributed by atoms with Gasteiger partial charge in [0.25, 0.3) is 0 Å². The Bertz CT molecular complexity index is 440. The van der Waals surface area contributed by atoms with E-state index in [1.165, 1.54) is 12.3 Å². The van der Waals surface area contributed by atoms with Crippen LogP contribution in [0.5, 0.6) is 5.75 Å². The van der Waals surface area contributed by atoms with Crippen molar-refractivity contribution in [3.8, 4) is 18.1 Å². The van der Waals surface area contributed by atoms with Gasteiger partial charge in [-0.1, -0.05) is 16.8 Å². The van der Waals surface area contributed by atoms with Gasteiger partial charge in [0.05, 0.1) is 11.2 Å². The highest BCUT2D eigenvalue weighted by molar-refractivity contribution is 9.10. The first-order chi connectivity index (χ1) is 7.65. The molecule has 1 aromatic rings. The second-order valence-corrected chi connectivity index (χ2v) is 4.11. The summed E-state index contributed by atoms with van der Waals surface area (Å²) in [4.78, 5) is 4.87. The van der Waals surface area contributed by atoms with Crippen LogP contribution >= 0.6 is 27.5 Å². The molecule has 1 aromatic carbocycles. The fourth-order valence-electron chi connectivity index (χ4n) is 0.906. The van der Waals surface area contributed by atoms with Gasteiger partial charge in [0.1, 0.15) is 12.4 Å². The number of aromatic hydroxyl groups is 1. The number of benzene rings is 1. The van der Waals surface area contributed by atoms with Gasteiger partial charge in [0.2, 0.25) is 0 Å². The SMILES string of the molecule is C#CCCO/N=C/c1cc(Br)c(Cl)cc1O. The van der Waals surface area contributed by atoms with E-state index in [1.807, 2.05) is 0 Å². The number of hydrogen-bond donors (Lipinski definition) is 1. The van der Waals surface area contributed by atoms with Gasteiger partial charge in [0, 0.05) is 22.5 Å². The van der Waals surface area contributed by atoms with Crippen LogP contribution in [0.1, 0.15) is 12.0 Å². The molecule has 0 atom stereocenters. The number of phenolic OH excluding ortho intramolecular Hbond substituents is 1. The largest absolute Gasteiger partial charge is 0.507 e. The second kappa shape index (κ2) is 6.41. The van der Waals surface area contributed by atoms with E-state index >= 15 is 0 Å². The lowest BCUT2D eigenvalue weighted by atomic mass is 10.2. The summed E-state index contributed by atoms with van der Waals surface area (Å²) >= 11 is 9.03. The topological polar surface area (TPSA) is 41.8 Å². The van der Waals surface area contributed by atoms with Crippen molar-refractivity contribution >= 4 is 33.7 Å². The summed E-state index contributed by atoms with van der Waals surface area (Å²) in [6.45, 7) is 0.350. The first-order valence-electron chi connectivity index (χ1n) is 4.42. The van der Waals surface area contributed by atoms with Crippen molar-refractivity contribution in [2.24, 2.45) is 5.16 Å². The molecular formula is C11H9BrClNO2. The lowest BCUT2D eigenvalue weighted by molar-refractivity contribution is 0.152. The van der Waals surface area contributed by atoms with Crippen LogP contribution < -0.4 is 0 Å². The van der Waals surface area contributed by atoms with Crippen LogP contribution in [0.3, 0.4) is 0 Å². The molecule has 0 aromatic heterocycles. The van der Waals surface area contributed by atoms with Gasteiger partial charge in [-0.05, 0) is 22.0 Å². The highest BCUT2D eigenvalue weighted by Gasteiger charge is 2.04. The van der Waals surface area contributed by atoms with Crippen molar-refractivity contribution in [1.29, 1.82) is 0 Å². The third-order valence-electron chi connectivity index (χ3n) is 1.67. The Morgan fingerprint density at radius 2 is 2.38 bits per heavy atom. The molecule has 0 radical (unpaired) electrons. The average Bonchev–Trinajstić information content (AvgIpc) is 2.25. The lowest BCUT2D eigenvalue weighted by Gasteiger charge is -2.01. The number of terminal acetylenes is 1. The normalized spacial score (nSPS) is 10.3. The first-order valence-corrected chi connectivity index (χ1v) is 5.59. The minimum atomic E-state index is 0.0394. The number of phenols is 1. The minimum absolute atomic E-state index is 0.0394. The Labute approximate surface area is 107 Å². The molecule has 0 saturated heterocycles. The lowest BCUT2D eigenvalue weighted by Crippen LogP contribution is -1.88. The molecule has 1 N–H and O–H groups in total. The number of halogens is 2. The van der Waals surface area contributed by atoms with Gasteiger partial charge in [-0.2, -0.15) is 0 Å². The van der Waals surface area contributed by atoms with Gasteiger partial charge >= 0.3 is 0 Å². The predicted molar refractivity (Wildman–Crippen MR) is 67.8 cm³/mol. The van der Waals surface area contributed by atoms with Crippen LogP contribution in [0.15, 0.2) is 21.8 Å². The van der Waals surface area contributed by atoms with E-state index < -0.39 is 0 Å². The van der Waals surface area contributed by atoms with Crippen LogP contribution in [0.25, 0.3) is 0 Å². The fraction of sp³-hybridized carbons (Fsp3) is 0.182. The van der Waals surface area contributed by atoms with E-state index in [4.69, 9.17) is 22.9 Å². The summed E-state index contributed by atoms with van der Waals surface area (Å²) in [6, 6.07) is 3.07. The maximum atomic E-state index is 9.53. The molecule has 0 spiro atoms. The summed E-state index contributed by atoms with van der Waals surface area (Å²) in [5.74, 6) is 2.46. The van der Waals surface area contributed by atoms with Gasteiger partial charge in [-0.3, -0.25) is 0 Å². The van der Waals surface area contributed by atoms with Crippen LogP contribution in [0.2, 0.25) is 5.02 Å². The molecule has 16 heavy (non-hydrogen) atoms. The zero-order chi connectivity index (χ0) is 12.0. The maximum Gasteiger partial charge on any atom is 0.128 e. The van der Waals surface area contributed by atoms with Crippen molar-refractivity contribution in [3.63, 3.8) is 0 Å². The highest BCUT2D eigenvalue weighted by Crippen LogP contribution is 2.29. The quantitative estimate of drug-likeness (QED) is 0.402. The zero-order valence-electron chi connectivity index (χ0n) is 8.28. The Morgan fingerprint density at radius 3 is 3.06 bits per heavy atom. The van der Waals surface area contributed by atoms with Crippen molar-refractivity contribution in [1.82, 2.24) is 0 Å². The third kappa shape index (κ3) is 3.76. The van der Waals surface area contributed by atoms with E-state index in [-0.39, 0.29) is 5.75 Å². The number of rotatable bonds is 4. The summed E-state index contributed by atoms with van der Waals surface area (Å²) in [5, 5.41) is 13.6. The van der Waals surface area contributed by atoms with Crippen LogP contribution in [-0.4, -0.2) is 17.9 Å². The molecule has 0 unspecified atom stereocenters. The molecule has 0 aliphatic carbocycles. The highest BCUT2D eigenvalue weighted by atomic mass is 79.9. The third-order valence-corrected chi connectivity index (χ3v) is 2.87. The minimum Gasteiger partial charge on any atom is -0.507 e. The van der Waals surface area contributed by atoms with Crippen molar-refractivity contribution in [3.05, 3.63) is 27.2 Å². The van der Waals surface area contributed by atoms with Crippen molar-refractivity contribution in [2.45, 2.75) is 6.42 Å². The fourth-order valence-corrected chi connectivity index (χ4v) is 1.43. The van der Waals surface area contributed by atoms with Gasteiger partial charge in [0.15, 0.2) is 0 Å². The molecule has 3 nitrogen and oxygen atoms in total. The first kappa shape index (κ1) is 12.9. The molecule has 0 saturated carbocycles. The molecule has 0 aliphatic heterocycles. The predicted octanol–water partition coefficient (Wildman–Crippen LogP) is 3.18. The monoisotopic (exact) mass is 301 g/mol. The van der Waals surface area contributed by atoms with E-state index in [0.29, 0.717) is 28.1 Å². The molecule has 84 valence electrons. The smallest absolute Gasteiger partial charge is 0.128 e. The second-order valence-electron chi connectivity index (χ2n) is 2.85. The summed E-state index contributed by atoms with van der Waals surface area (Å²) < 4.78 is 0.678. The molecule has 1 rings (SSSR count). The molecule has 0 aliphatic rings. The molecule has 0 amide bonds. The summed E-state index contributed by atoms with van der Waals surface area (Å²) in [5.41, 5.74) is 0.511.